The molecule has 4 nitrogen and oxygen atoms in total. The minimum absolute atomic E-state index is 0.0935. The van der Waals surface area contributed by atoms with Crippen LogP contribution in [0.1, 0.15) is 43.7 Å². The van der Waals surface area contributed by atoms with E-state index in [1.54, 1.807) is 4.31 Å². The topological polar surface area (TPSA) is 63.4 Å². The molecule has 0 atom stereocenters. The maximum atomic E-state index is 12.5. The highest BCUT2D eigenvalue weighted by Crippen LogP contribution is 2.24. The van der Waals surface area contributed by atoms with Crippen LogP contribution < -0.4 is 5.73 Å². The van der Waals surface area contributed by atoms with E-state index in [-0.39, 0.29) is 5.75 Å². The van der Waals surface area contributed by atoms with Crippen LogP contribution in [0.3, 0.4) is 0 Å². The van der Waals surface area contributed by atoms with Gasteiger partial charge in [-0.25, -0.2) is 12.7 Å². The molecule has 0 radical (unpaired) electrons. The number of piperidine rings is 1. The van der Waals surface area contributed by atoms with Crippen LogP contribution in [0.2, 0.25) is 0 Å². The molecule has 0 aliphatic carbocycles. The minimum atomic E-state index is -3.19. The van der Waals surface area contributed by atoms with E-state index in [1.165, 1.54) is 12.8 Å². The lowest BCUT2D eigenvalue weighted by Gasteiger charge is -2.31. The third-order valence-corrected chi connectivity index (χ3v) is 6.12. The van der Waals surface area contributed by atoms with E-state index in [1.807, 2.05) is 24.3 Å². The Morgan fingerprint density at radius 2 is 1.71 bits per heavy atom. The Bertz CT molecular complexity index is 532. The lowest BCUT2D eigenvalue weighted by atomic mass is 9.94. The maximum Gasteiger partial charge on any atom is 0.218 e. The maximum absolute atomic E-state index is 12.5. The first kappa shape index (κ1) is 16.5. The Morgan fingerprint density at radius 3 is 2.24 bits per heavy atom. The predicted octanol–water partition coefficient (Wildman–Crippen LogP) is 2.49. The predicted molar refractivity (Wildman–Crippen MR) is 86.2 cm³/mol. The van der Waals surface area contributed by atoms with Crippen molar-refractivity contribution in [2.24, 2.45) is 11.7 Å². The largest absolute Gasteiger partial charge is 0.326 e. The number of nitrogens with two attached hydrogens (primary N) is 1. The van der Waals surface area contributed by atoms with E-state index in [9.17, 15) is 8.42 Å². The fourth-order valence-corrected chi connectivity index (χ4v) is 4.52. The molecule has 1 aromatic carbocycles. The van der Waals surface area contributed by atoms with Crippen LogP contribution in [0.15, 0.2) is 24.3 Å². The summed E-state index contributed by atoms with van der Waals surface area (Å²) in [4.78, 5) is 0. The van der Waals surface area contributed by atoms with Gasteiger partial charge in [0, 0.05) is 19.6 Å². The zero-order valence-electron chi connectivity index (χ0n) is 12.8. The second-order valence-electron chi connectivity index (χ2n) is 5.91. The fraction of sp³-hybridized carbons (Fsp3) is 0.625. The van der Waals surface area contributed by atoms with Crippen molar-refractivity contribution in [3.05, 3.63) is 35.4 Å². The van der Waals surface area contributed by atoms with Crippen molar-refractivity contribution in [3.8, 4) is 0 Å². The number of benzene rings is 1. The fourth-order valence-electron chi connectivity index (χ4n) is 2.96. The Kier molecular flexibility index (Phi) is 5.79. The SMILES string of the molecule is CCCC1CCN(S(=O)(=O)Cc2ccc(CN)cc2)CC1. The summed E-state index contributed by atoms with van der Waals surface area (Å²) < 4.78 is 26.6. The van der Waals surface area contributed by atoms with Crippen molar-refractivity contribution in [1.82, 2.24) is 4.31 Å². The highest BCUT2D eigenvalue weighted by atomic mass is 32.2. The zero-order chi connectivity index (χ0) is 15.3. The van der Waals surface area contributed by atoms with Crippen molar-refractivity contribution in [3.63, 3.8) is 0 Å². The first-order valence-corrected chi connectivity index (χ1v) is 9.41. The molecule has 0 aromatic heterocycles. The van der Waals surface area contributed by atoms with Gasteiger partial charge in [-0.3, -0.25) is 0 Å². The average Bonchev–Trinajstić information content (AvgIpc) is 2.48. The number of hydrogen-bond acceptors (Lipinski definition) is 3. The molecule has 1 aliphatic heterocycles. The summed E-state index contributed by atoms with van der Waals surface area (Å²) in [7, 11) is -3.19. The van der Waals surface area contributed by atoms with Gasteiger partial charge in [0.1, 0.15) is 0 Å². The molecule has 1 aliphatic rings. The van der Waals surface area contributed by atoms with Crippen molar-refractivity contribution >= 4 is 10.0 Å². The molecule has 1 fully saturated rings. The van der Waals surface area contributed by atoms with E-state index in [0.717, 1.165) is 24.0 Å². The van der Waals surface area contributed by atoms with E-state index in [2.05, 4.69) is 6.92 Å². The average molecular weight is 310 g/mol. The molecule has 0 saturated carbocycles. The van der Waals surface area contributed by atoms with Crippen LogP contribution in [0, 0.1) is 5.92 Å². The molecular weight excluding hydrogens is 284 g/mol. The van der Waals surface area contributed by atoms with Gasteiger partial charge in [0.15, 0.2) is 0 Å². The van der Waals surface area contributed by atoms with Gasteiger partial charge in [-0.05, 0) is 29.9 Å². The quantitative estimate of drug-likeness (QED) is 0.878. The van der Waals surface area contributed by atoms with Crippen molar-refractivity contribution in [1.29, 1.82) is 0 Å². The van der Waals surface area contributed by atoms with Gasteiger partial charge in [0.2, 0.25) is 10.0 Å². The highest BCUT2D eigenvalue weighted by Gasteiger charge is 2.27. The molecule has 2 rings (SSSR count). The van der Waals surface area contributed by atoms with E-state index >= 15 is 0 Å². The molecule has 1 heterocycles. The van der Waals surface area contributed by atoms with Crippen LogP contribution in [0.4, 0.5) is 0 Å². The number of hydrogen-bond donors (Lipinski definition) is 1. The van der Waals surface area contributed by atoms with E-state index < -0.39 is 10.0 Å². The molecule has 1 aromatic rings. The highest BCUT2D eigenvalue weighted by molar-refractivity contribution is 7.88. The Labute approximate surface area is 128 Å². The molecule has 118 valence electrons. The summed E-state index contributed by atoms with van der Waals surface area (Å²) >= 11 is 0. The summed E-state index contributed by atoms with van der Waals surface area (Å²) in [5.74, 6) is 0.793. The van der Waals surface area contributed by atoms with E-state index in [0.29, 0.717) is 25.6 Å². The van der Waals surface area contributed by atoms with Crippen LogP contribution in [-0.4, -0.2) is 25.8 Å². The van der Waals surface area contributed by atoms with Gasteiger partial charge in [-0.1, -0.05) is 44.0 Å². The monoisotopic (exact) mass is 310 g/mol. The van der Waals surface area contributed by atoms with Crippen LogP contribution >= 0.6 is 0 Å². The summed E-state index contributed by atoms with van der Waals surface area (Å²) in [6.07, 6.45) is 4.40. The molecule has 0 bridgehead atoms. The van der Waals surface area contributed by atoms with Gasteiger partial charge >= 0.3 is 0 Å². The van der Waals surface area contributed by atoms with Crippen molar-refractivity contribution in [2.45, 2.75) is 44.9 Å². The number of nitrogens with zero attached hydrogens (tertiary/aromatic N) is 1. The van der Waals surface area contributed by atoms with Crippen LogP contribution in [-0.2, 0) is 22.3 Å². The Morgan fingerprint density at radius 1 is 1.14 bits per heavy atom. The molecule has 2 N–H and O–H groups in total. The van der Waals surface area contributed by atoms with Gasteiger partial charge in [-0.2, -0.15) is 0 Å². The zero-order valence-corrected chi connectivity index (χ0v) is 13.6. The summed E-state index contributed by atoms with van der Waals surface area (Å²) in [6, 6.07) is 7.53. The number of rotatable bonds is 6. The second kappa shape index (κ2) is 7.38. The molecule has 21 heavy (non-hydrogen) atoms. The third-order valence-electron chi connectivity index (χ3n) is 4.27. The van der Waals surface area contributed by atoms with Crippen molar-refractivity contribution < 1.29 is 8.42 Å². The first-order chi connectivity index (χ1) is 10.0. The van der Waals surface area contributed by atoms with Gasteiger partial charge in [-0.15, -0.1) is 0 Å². The molecule has 0 unspecified atom stereocenters. The smallest absolute Gasteiger partial charge is 0.218 e. The summed E-state index contributed by atoms with van der Waals surface area (Å²) in [6.45, 7) is 4.02. The molecule has 1 saturated heterocycles. The third kappa shape index (κ3) is 4.53. The lowest BCUT2D eigenvalue weighted by molar-refractivity contribution is 0.262. The van der Waals surface area contributed by atoms with Gasteiger partial charge in [0.25, 0.3) is 0 Å². The first-order valence-electron chi connectivity index (χ1n) is 7.81. The lowest BCUT2D eigenvalue weighted by Crippen LogP contribution is -2.39. The second-order valence-corrected chi connectivity index (χ2v) is 7.88. The summed E-state index contributed by atoms with van der Waals surface area (Å²) in [5.41, 5.74) is 7.42. The molecule has 0 spiro atoms. The molecule has 5 heteroatoms. The minimum Gasteiger partial charge on any atom is -0.326 e. The number of sulfonamides is 1. The molecular formula is C16H26N2O2S. The van der Waals surface area contributed by atoms with Crippen LogP contribution in [0.5, 0.6) is 0 Å². The van der Waals surface area contributed by atoms with E-state index in [4.69, 9.17) is 5.73 Å². The summed E-state index contributed by atoms with van der Waals surface area (Å²) in [5, 5.41) is 0. The Hall–Kier alpha value is -0.910. The Balaban J connectivity index is 1.95. The molecule has 0 amide bonds. The van der Waals surface area contributed by atoms with Crippen LogP contribution in [0.25, 0.3) is 0 Å². The normalized spacial score (nSPS) is 18.0. The van der Waals surface area contributed by atoms with Gasteiger partial charge < -0.3 is 5.73 Å². The standard InChI is InChI=1S/C16H26N2O2S/c1-2-3-14-8-10-18(11-9-14)21(19,20)13-16-6-4-15(12-17)5-7-16/h4-7,14H,2-3,8-13,17H2,1H3. The van der Waals surface area contributed by atoms with Crippen molar-refractivity contribution in [2.75, 3.05) is 13.1 Å². The van der Waals surface area contributed by atoms with Gasteiger partial charge in [0.05, 0.1) is 5.75 Å².